The van der Waals surface area contributed by atoms with Gasteiger partial charge in [0.15, 0.2) is 6.10 Å². The van der Waals surface area contributed by atoms with Gasteiger partial charge < -0.3 is 10.1 Å². The van der Waals surface area contributed by atoms with Crippen LogP contribution in [-0.4, -0.2) is 12.0 Å². The first-order valence-electron chi connectivity index (χ1n) is 8.95. The second-order valence-corrected chi connectivity index (χ2v) is 7.18. The molecule has 134 valence electrons. The van der Waals surface area contributed by atoms with E-state index in [2.05, 4.69) is 37.4 Å². The third kappa shape index (κ3) is 5.93. The fraction of sp³-hybridized carbons (Fsp3) is 0.409. The highest BCUT2D eigenvalue weighted by Crippen LogP contribution is 2.22. The van der Waals surface area contributed by atoms with E-state index in [0.717, 1.165) is 28.9 Å². The summed E-state index contributed by atoms with van der Waals surface area (Å²) in [5.74, 6) is 1.13. The van der Waals surface area contributed by atoms with E-state index in [9.17, 15) is 4.79 Å². The van der Waals surface area contributed by atoms with Crippen molar-refractivity contribution in [2.24, 2.45) is 5.92 Å². The van der Waals surface area contributed by atoms with Crippen LogP contribution in [0, 0.1) is 19.8 Å². The summed E-state index contributed by atoms with van der Waals surface area (Å²) < 4.78 is 5.87. The Hall–Kier alpha value is -2.29. The van der Waals surface area contributed by atoms with Crippen LogP contribution in [0.25, 0.3) is 0 Å². The van der Waals surface area contributed by atoms with E-state index in [1.54, 1.807) is 6.92 Å². The lowest BCUT2D eigenvalue weighted by Gasteiger charge is -2.23. The van der Waals surface area contributed by atoms with Crippen molar-refractivity contribution in [3.8, 4) is 5.75 Å². The quantitative estimate of drug-likeness (QED) is 0.773. The van der Waals surface area contributed by atoms with Crippen LogP contribution in [0.3, 0.4) is 0 Å². The van der Waals surface area contributed by atoms with E-state index in [0.29, 0.717) is 5.92 Å². The summed E-state index contributed by atoms with van der Waals surface area (Å²) in [6, 6.07) is 16.1. The average Bonchev–Trinajstić information content (AvgIpc) is 2.53. The molecule has 0 fully saturated rings. The Morgan fingerprint density at radius 1 is 1.00 bits per heavy atom. The summed E-state index contributed by atoms with van der Waals surface area (Å²) in [6.07, 6.45) is 0.353. The molecule has 0 spiro atoms. The van der Waals surface area contributed by atoms with Crippen molar-refractivity contribution in [3.05, 3.63) is 65.2 Å². The molecule has 2 rings (SSSR count). The molecule has 2 atom stereocenters. The standard InChI is InChI=1S/C22H29NO2/c1-15(2)11-21(19-9-7-6-8-10-19)23-22(24)18(5)25-20-13-16(3)12-17(4)14-20/h6-10,12-15,18,21H,11H2,1-5H3,(H,23,24)/t18-,21-/m1/s1. The first-order chi connectivity index (χ1) is 11.8. The predicted octanol–water partition coefficient (Wildman–Crippen LogP) is 4.97. The summed E-state index contributed by atoms with van der Waals surface area (Å²) in [5.41, 5.74) is 3.39. The van der Waals surface area contributed by atoms with Crippen LogP contribution in [0.1, 0.15) is 49.9 Å². The molecule has 3 nitrogen and oxygen atoms in total. The monoisotopic (exact) mass is 339 g/mol. The van der Waals surface area contributed by atoms with Crippen LogP contribution in [0.15, 0.2) is 48.5 Å². The molecule has 0 aromatic heterocycles. The van der Waals surface area contributed by atoms with E-state index in [-0.39, 0.29) is 11.9 Å². The lowest BCUT2D eigenvalue weighted by atomic mass is 9.97. The fourth-order valence-corrected chi connectivity index (χ4v) is 2.98. The topological polar surface area (TPSA) is 38.3 Å². The number of carbonyl (C=O) groups is 1. The highest BCUT2D eigenvalue weighted by molar-refractivity contribution is 5.81. The maximum Gasteiger partial charge on any atom is 0.261 e. The molecule has 0 radical (unpaired) electrons. The molecule has 1 amide bonds. The molecule has 0 aliphatic heterocycles. The molecule has 0 aliphatic rings. The molecular formula is C22H29NO2. The van der Waals surface area contributed by atoms with Crippen molar-refractivity contribution in [2.75, 3.05) is 0 Å². The summed E-state index contributed by atoms with van der Waals surface area (Å²) in [5, 5.41) is 3.15. The van der Waals surface area contributed by atoms with Gasteiger partial charge >= 0.3 is 0 Å². The van der Waals surface area contributed by atoms with E-state index >= 15 is 0 Å². The van der Waals surface area contributed by atoms with Crippen molar-refractivity contribution < 1.29 is 9.53 Å². The number of aryl methyl sites for hydroxylation is 2. The minimum absolute atomic E-state index is 0.000930. The zero-order chi connectivity index (χ0) is 18.4. The van der Waals surface area contributed by atoms with Gasteiger partial charge in [0.25, 0.3) is 5.91 Å². The Morgan fingerprint density at radius 2 is 1.60 bits per heavy atom. The molecule has 2 aromatic carbocycles. The predicted molar refractivity (Wildman–Crippen MR) is 103 cm³/mol. The number of ether oxygens (including phenoxy) is 1. The SMILES string of the molecule is Cc1cc(C)cc(O[C@H](C)C(=O)N[C@H](CC(C)C)c2ccccc2)c1. The Morgan fingerprint density at radius 3 is 2.16 bits per heavy atom. The molecule has 0 heterocycles. The van der Waals surface area contributed by atoms with Crippen molar-refractivity contribution in [1.29, 1.82) is 0 Å². The van der Waals surface area contributed by atoms with Gasteiger partial charge in [-0.05, 0) is 61.9 Å². The van der Waals surface area contributed by atoms with Crippen molar-refractivity contribution in [2.45, 2.75) is 53.2 Å². The number of amides is 1. The van der Waals surface area contributed by atoms with Gasteiger partial charge in [-0.15, -0.1) is 0 Å². The van der Waals surface area contributed by atoms with Gasteiger partial charge in [-0.2, -0.15) is 0 Å². The van der Waals surface area contributed by atoms with E-state index < -0.39 is 6.10 Å². The van der Waals surface area contributed by atoms with Crippen LogP contribution in [0.2, 0.25) is 0 Å². The highest BCUT2D eigenvalue weighted by Gasteiger charge is 2.21. The lowest BCUT2D eigenvalue weighted by molar-refractivity contribution is -0.128. The Bertz CT molecular complexity index is 674. The summed E-state index contributed by atoms with van der Waals surface area (Å²) in [6.45, 7) is 10.2. The zero-order valence-electron chi connectivity index (χ0n) is 15.9. The van der Waals surface area contributed by atoms with Crippen LogP contribution >= 0.6 is 0 Å². The van der Waals surface area contributed by atoms with Gasteiger partial charge in [-0.3, -0.25) is 4.79 Å². The second kappa shape index (κ2) is 8.70. The Balaban J connectivity index is 2.06. The molecule has 1 N–H and O–H groups in total. The molecule has 2 aromatic rings. The second-order valence-electron chi connectivity index (χ2n) is 7.18. The van der Waals surface area contributed by atoms with Crippen LogP contribution in [0.4, 0.5) is 0 Å². The number of rotatable bonds is 7. The summed E-state index contributed by atoms with van der Waals surface area (Å²) in [4.78, 5) is 12.6. The van der Waals surface area contributed by atoms with Crippen molar-refractivity contribution >= 4 is 5.91 Å². The van der Waals surface area contributed by atoms with Gasteiger partial charge in [-0.25, -0.2) is 0 Å². The first kappa shape index (κ1) is 19.0. The summed E-state index contributed by atoms with van der Waals surface area (Å²) in [7, 11) is 0. The molecule has 0 saturated heterocycles. The fourth-order valence-electron chi connectivity index (χ4n) is 2.98. The first-order valence-corrected chi connectivity index (χ1v) is 8.95. The summed E-state index contributed by atoms with van der Waals surface area (Å²) >= 11 is 0. The number of benzene rings is 2. The Labute approximate surface area is 151 Å². The van der Waals surface area contributed by atoms with Crippen molar-refractivity contribution in [1.82, 2.24) is 5.32 Å². The molecule has 0 unspecified atom stereocenters. The third-order valence-corrected chi connectivity index (χ3v) is 4.10. The number of carbonyl (C=O) groups excluding carboxylic acids is 1. The van der Waals surface area contributed by atoms with E-state index in [1.807, 2.05) is 44.2 Å². The largest absolute Gasteiger partial charge is 0.481 e. The van der Waals surface area contributed by atoms with Crippen LogP contribution in [-0.2, 0) is 4.79 Å². The number of hydrogen-bond acceptors (Lipinski definition) is 2. The van der Waals surface area contributed by atoms with Gasteiger partial charge in [0.2, 0.25) is 0 Å². The molecule has 0 aliphatic carbocycles. The van der Waals surface area contributed by atoms with E-state index in [1.165, 1.54) is 0 Å². The maximum atomic E-state index is 12.6. The maximum absolute atomic E-state index is 12.6. The van der Waals surface area contributed by atoms with Gasteiger partial charge in [-0.1, -0.05) is 50.2 Å². The molecule has 3 heteroatoms. The lowest BCUT2D eigenvalue weighted by Crippen LogP contribution is -2.39. The number of nitrogens with one attached hydrogen (secondary N) is 1. The van der Waals surface area contributed by atoms with E-state index in [4.69, 9.17) is 4.74 Å². The van der Waals surface area contributed by atoms with Crippen molar-refractivity contribution in [3.63, 3.8) is 0 Å². The molecular weight excluding hydrogens is 310 g/mol. The third-order valence-electron chi connectivity index (χ3n) is 4.10. The zero-order valence-corrected chi connectivity index (χ0v) is 15.9. The molecule has 0 saturated carbocycles. The van der Waals surface area contributed by atoms with Crippen LogP contribution in [0.5, 0.6) is 5.75 Å². The highest BCUT2D eigenvalue weighted by atomic mass is 16.5. The van der Waals surface area contributed by atoms with Gasteiger partial charge in [0.05, 0.1) is 6.04 Å². The van der Waals surface area contributed by atoms with Gasteiger partial charge in [0, 0.05) is 0 Å². The molecule has 25 heavy (non-hydrogen) atoms. The average molecular weight is 339 g/mol. The molecule has 0 bridgehead atoms. The Kier molecular flexibility index (Phi) is 6.63. The van der Waals surface area contributed by atoms with Gasteiger partial charge in [0.1, 0.15) is 5.75 Å². The number of hydrogen-bond donors (Lipinski definition) is 1. The minimum Gasteiger partial charge on any atom is -0.481 e. The minimum atomic E-state index is -0.542. The normalized spacial score (nSPS) is 13.4. The smallest absolute Gasteiger partial charge is 0.261 e. The van der Waals surface area contributed by atoms with Crippen LogP contribution < -0.4 is 10.1 Å².